The first-order chi connectivity index (χ1) is 13.9. The van der Waals surface area contributed by atoms with Gasteiger partial charge in [-0.3, -0.25) is 4.79 Å². The maximum absolute atomic E-state index is 12.8. The first-order valence-corrected chi connectivity index (χ1v) is 11.2. The number of benzene rings is 2. The fraction of sp³-hybridized carbons (Fsp3) is 0.435. The molecule has 3 rings (SSSR count). The lowest BCUT2D eigenvalue weighted by atomic mass is 9.99. The van der Waals surface area contributed by atoms with Gasteiger partial charge in [0.1, 0.15) is 16.8 Å². The van der Waals surface area contributed by atoms with Crippen LogP contribution in [0.15, 0.2) is 59.5 Å². The Kier molecular flexibility index (Phi) is 7.72. The van der Waals surface area contributed by atoms with Gasteiger partial charge in [0.2, 0.25) is 0 Å². The minimum Gasteiger partial charge on any atom is -0.348 e. The van der Waals surface area contributed by atoms with Crippen molar-refractivity contribution in [3.8, 4) is 0 Å². The van der Waals surface area contributed by atoms with Crippen molar-refractivity contribution in [2.24, 2.45) is 0 Å². The molecule has 2 atom stereocenters. The summed E-state index contributed by atoms with van der Waals surface area (Å²) >= 11 is 0. The third-order valence-corrected chi connectivity index (χ3v) is 6.32. The van der Waals surface area contributed by atoms with Gasteiger partial charge in [0.05, 0.1) is 18.1 Å². The summed E-state index contributed by atoms with van der Waals surface area (Å²) < 4.78 is 27.3. The average Bonchev–Trinajstić information content (AvgIpc) is 3.14. The number of Topliss-reactive ketones (excluding diaryl/α,β-unsaturated/α-hetero) is 1. The molecule has 0 bridgehead atoms. The molecule has 1 fully saturated rings. The van der Waals surface area contributed by atoms with Gasteiger partial charge >= 0.3 is 0 Å². The molecule has 5 nitrogen and oxygen atoms in total. The second kappa shape index (κ2) is 10.3. The van der Waals surface area contributed by atoms with Crippen molar-refractivity contribution in [2.45, 2.75) is 56.3 Å². The van der Waals surface area contributed by atoms with Crippen LogP contribution in [0.5, 0.6) is 0 Å². The van der Waals surface area contributed by atoms with Gasteiger partial charge in [-0.2, -0.15) is 0 Å². The highest BCUT2D eigenvalue weighted by molar-refractivity contribution is 7.83. The Morgan fingerprint density at radius 2 is 1.76 bits per heavy atom. The monoisotopic (exact) mass is 415 g/mol. The van der Waals surface area contributed by atoms with Crippen LogP contribution < -0.4 is 4.72 Å². The van der Waals surface area contributed by atoms with Crippen LogP contribution in [0.1, 0.15) is 37.3 Å². The number of carbonyl (C=O) groups is 1. The highest BCUT2D eigenvalue weighted by Crippen LogP contribution is 2.25. The molecular weight excluding hydrogens is 386 g/mol. The van der Waals surface area contributed by atoms with Crippen LogP contribution >= 0.6 is 0 Å². The number of hydrogen-bond acceptors (Lipinski definition) is 4. The van der Waals surface area contributed by atoms with E-state index in [-0.39, 0.29) is 11.8 Å². The summed E-state index contributed by atoms with van der Waals surface area (Å²) in [5, 5.41) is 0. The van der Waals surface area contributed by atoms with Gasteiger partial charge in [0.15, 0.2) is 5.79 Å². The molecule has 2 aromatic rings. The maximum Gasteiger partial charge on any atom is 0.165 e. The van der Waals surface area contributed by atoms with Gasteiger partial charge in [-0.15, -0.1) is 0 Å². The van der Waals surface area contributed by atoms with E-state index in [1.807, 2.05) is 68.4 Å². The lowest BCUT2D eigenvalue weighted by Crippen LogP contribution is -2.36. The largest absolute Gasteiger partial charge is 0.348 e. The molecule has 1 aliphatic rings. The smallest absolute Gasteiger partial charge is 0.165 e. The molecule has 1 aliphatic heterocycles. The Balaban J connectivity index is 1.64. The van der Waals surface area contributed by atoms with Crippen LogP contribution in [-0.4, -0.2) is 35.0 Å². The zero-order chi connectivity index (χ0) is 20.7. The molecule has 1 N–H and O–H groups in total. The number of nitrogens with one attached hydrogen (secondary N) is 1. The van der Waals surface area contributed by atoms with Crippen LogP contribution in [0.2, 0.25) is 0 Å². The molecule has 6 heteroatoms. The topological polar surface area (TPSA) is 64.6 Å². The molecule has 0 amide bonds. The van der Waals surface area contributed by atoms with Crippen LogP contribution in [0.4, 0.5) is 0 Å². The van der Waals surface area contributed by atoms with Crippen molar-refractivity contribution in [2.75, 3.05) is 13.2 Å². The van der Waals surface area contributed by atoms with Gasteiger partial charge in [-0.1, -0.05) is 48.0 Å². The average molecular weight is 416 g/mol. The van der Waals surface area contributed by atoms with Gasteiger partial charge in [-0.05, 0) is 38.0 Å². The Morgan fingerprint density at radius 3 is 2.41 bits per heavy atom. The SMILES string of the molecule is Cc1ccc(S(=O)NC(CCC2(C)OCCO2)CC(=O)Cc2ccccc2)cc1. The summed E-state index contributed by atoms with van der Waals surface area (Å²) in [5.74, 6) is -0.513. The second-order valence-electron chi connectivity index (χ2n) is 7.67. The molecule has 1 heterocycles. The van der Waals surface area contributed by atoms with Crippen molar-refractivity contribution in [1.29, 1.82) is 0 Å². The summed E-state index contributed by atoms with van der Waals surface area (Å²) in [4.78, 5) is 13.4. The molecule has 0 spiro atoms. The molecule has 0 saturated carbocycles. The lowest BCUT2D eigenvalue weighted by molar-refractivity contribution is -0.148. The van der Waals surface area contributed by atoms with E-state index in [1.165, 1.54) is 0 Å². The minimum atomic E-state index is -1.39. The van der Waals surface area contributed by atoms with Gasteiger partial charge in [0.25, 0.3) is 0 Å². The van der Waals surface area contributed by atoms with Crippen LogP contribution in [-0.2, 0) is 31.7 Å². The van der Waals surface area contributed by atoms with Crippen molar-refractivity contribution in [1.82, 2.24) is 4.72 Å². The van der Waals surface area contributed by atoms with Gasteiger partial charge < -0.3 is 9.47 Å². The fourth-order valence-corrected chi connectivity index (χ4v) is 4.42. The Labute approximate surface area is 175 Å². The fourth-order valence-electron chi connectivity index (χ4n) is 3.39. The zero-order valence-electron chi connectivity index (χ0n) is 17.1. The van der Waals surface area contributed by atoms with E-state index in [2.05, 4.69) is 4.72 Å². The predicted octanol–water partition coefficient (Wildman–Crippen LogP) is 3.72. The molecule has 0 radical (unpaired) electrons. The Bertz CT molecular complexity index is 817. The van der Waals surface area contributed by atoms with E-state index in [0.29, 0.717) is 43.8 Å². The van der Waals surface area contributed by atoms with Crippen molar-refractivity contribution >= 4 is 16.8 Å². The van der Waals surface area contributed by atoms with Crippen LogP contribution in [0.25, 0.3) is 0 Å². The number of ketones is 1. The number of carbonyl (C=O) groups excluding carboxylic acids is 1. The quantitative estimate of drug-likeness (QED) is 0.642. The van der Waals surface area contributed by atoms with Crippen LogP contribution in [0, 0.1) is 6.92 Å². The first-order valence-electron chi connectivity index (χ1n) is 10.0. The highest BCUT2D eigenvalue weighted by atomic mass is 32.2. The normalized spacial score (nSPS) is 17.7. The Morgan fingerprint density at radius 1 is 1.10 bits per heavy atom. The van der Waals surface area contributed by atoms with E-state index in [4.69, 9.17) is 9.47 Å². The van der Waals surface area contributed by atoms with Gasteiger partial charge in [-0.25, -0.2) is 8.93 Å². The number of aryl methyl sites for hydroxylation is 1. The summed E-state index contributed by atoms with van der Waals surface area (Å²) in [6, 6.07) is 17.1. The first kappa shape index (κ1) is 21.8. The number of ether oxygens (including phenoxy) is 2. The minimum absolute atomic E-state index is 0.119. The van der Waals surface area contributed by atoms with E-state index >= 15 is 0 Å². The summed E-state index contributed by atoms with van der Waals surface area (Å²) in [7, 11) is -1.39. The number of rotatable bonds is 10. The van der Waals surface area contributed by atoms with E-state index in [1.54, 1.807) is 0 Å². The van der Waals surface area contributed by atoms with E-state index in [9.17, 15) is 9.00 Å². The van der Waals surface area contributed by atoms with E-state index in [0.717, 1.165) is 11.1 Å². The summed E-state index contributed by atoms with van der Waals surface area (Å²) in [5.41, 5.74) is 2.11. The molecule has 156 valence electrons. The standard InChI is InChI=1S/C23H29NO4S/c1-18-8-10-22(11-9-18)29(26)24-20(12-13-23(2)27-14-15-28-23)17-21(25)16-19-6-4-3-5-7-19/h3-11,20,24H,12-17H2,1-2H3. The molecular formula is C23H29NO4S. The van der Waals surface area contributed by atoms with Gasteiger partial charge in [0, 0.05) is 25.3 Å². The molecule has 29 heavy (non-hydrogen) atoms. The summed E-state index contributed by atoms with van der Waals surface area (Å²) in [6.45, 7) is 5.07. The molecule has 2 aromatic carbocycles. The lowest BCUT2D eigenvalue weighted by Gasteiger charge is -2.25. The molecule has 1 saturated heterocycles. The molecule has 2 unspecified atom stereocenters. The maximum atomic E-state index is 12.8. The summed E-state index contributed by atoms with van der Waals surface area (Å²) in [6.07, 6.45) is 1.95. The van der Waals surface area contributed by atoms with E-state index < -0.39 is 16.8 Å². The Hall–Kier alpha value is -1.86. The molecule has 0 aromatic heterocycles. The number of hydrogen-bond donors (Lipinski definition) is 1. The van der Waals surface area contributed by atoms with Crippen molar-refractivity contribution in [3.63, 3.8) is 0 Å². The molecule has 0 aliphatic carbocycles. The highest BCUT2D eigenvalue weighted by Gasteiger charge is 2.32. The third-order valence-electron chi connectivity index (χ3n) is 5.07. The van der Waals surface area contributed by atoms with Crippen LogP contribution in [0.3, 0.4) is 0 Å². The third kappa shape index (κ3) is 6.85. The predicted molar refractivity (Wildman–Crippen MR) is 114 cm³/mol. The van der Waals surface area contributed by atoms with Crippen molar-refractivity contribution in [3.05, 3.63) is 65.7 Å². The second-order valence-corrected chi connectivity index (χ2v) is 8.92. The zero-order valence-corrected chi connectivity index (χ0v) is 17.9. The van der Waals surface area contributed by atoms with Crippen molar-refractivity contribution < 1.29 is 18.5 Å².